The molecule has 152 valence electrons. The summed E-state index contributed by atoms with van der Waals surface area (Å²) in [7, 11) is 1.55. The molecule has 1 aromatic heterocycles. The van der Waals surface area contributed by atoms with Gasteiger partial charge >= 0.3 is 0 Å². The normalized spacial score (nSPS) is 16.6. The van der Waals surface area contributed by atoms with Crippen molar-refractivity contribution in [3.63, 3.8) is 0 Å². The van der Waals surface area contributed by atoms with E-state index in [0.29, 0.717) is 33.9 Å². The summed E-state index contributed by atoms with van der Waals surface area (Å²) in [6, 6.07) is 8.85. The van der Waals surface area contributed by atoms with Gasteiger partial charge in [-0.1, -0.05) is 23.7 Å². The number of carbonyl (C=O) groups is 1. The number of hydrogen-bond donors (Lipinski definition) is 0. The van der Waals surface area contributed by atoms with Crippen LogP contribution in [-0.4, -0.2) is 42.2 Å². The fraction of sp³-hybridized carbons (Fsp3) is 0.381. The van der Waals surface area contributed by atoms with Gasteiger partial charge < -0.3 is 9.64 Å². The molecular formula is C21H22ClN3O3S. The number of carbonyl (C=O) groups excluding carboxylic acids is 1. The molecule has 0 bridgehead atoms. The molecule has 0 aliphatic carbocycles. The van der Waals surface area contributed by atoms with Gasteiger partial charge in [0.2, 0.25) is 0 Å². The standard InChI is InChI=1S/C21H22ClN3O3S/c1-14(13-28-2)25-20(27)18(11-15-5-7-16(22)8-6-15)29-21(25)17(12-23)19(26)24-9-3-4-10-24/h5-8,11,14H,3-4,9-10,13H2,1-2H3/b18-11+,21-17-. The fourth-order valence-corrected chi connectivity index (χ4v) is 4.67. The molecule has 1 fully saturated rings. The average Bonchev–Trinajstić information content (AvgIpc) is 3.34. The molecular weight excluding hydrogens is 410 g/mol. The number of rotatable bonds is 5. The Morgan fingerprint density at radius 2 is 2.00 bits per heavy atom. The summed E-state index contributed by atoms with van der Waals surface area (Å²) in [6.07, 6.45) is 3.60. The van der Waals surface area contributed by atoms with Crippen molar-refractivity contribution in [3.8, 4) is 6.07 Å². The molecule has 3 rings (SSSR count). The van der Waals surface area contributed by atoms with Crippen molar-refractivity contribution in [2.75, 3.05) is 26.8 Å². The average molecular weight is 432 g/mol. The van der Waals surface area contributed by atoms with E-state index >= 15 is 0 Å². The smallest absolute Gasteiger partial charge is 0.269 e. The predicted octanol–water partition coefficient (Wildman–Crippen LogP) is 1.90. The highest BCUT2D eigenvalue weighted by molar-refractivity contribution is 7.07. The van der Waals surface area contributed by atoms with Crippen LogP contribution in [0, 0.1) is 11.3 Å². The minimum absolute atomic E-state index is 0.00714. The number of likely N-dealkylation sites (tertiary alicyclic amines) is 1. The lowest BCUT2D eigenvalue weighted by Crippen LogP contribution is -2.38. The van der Waals surface area contributed by atoms with E-state index in [0.717, 1.165) is 29.7 Å². The van der Waals surface area contributed by atoms with Crippen LogP contribution in [0.15, 0.2) is 29.1 Å². The molecule has 2 heterocycles. The molecule has 1 aromatic carbocycles. The number of benzene rings is 1. The van der Waals surface area contributed by atoms with Crippen LogP contribution in [-0.2, 0) is 9.53 Å². The number of hydrogen-bond acceptors (Lipinski definition) is 5. The maximum atomic E-state index is 13.2. The topological polar surface area (TPSA) is 75.3 Å². The highest BCUT2D eigenvalue weighted by Gasteiger charge is 2.25. The van der Waals surface area contributed by atoms with Crippen molar-refractivity contribution in [3.05, 3.63) is 54.4 Å². The SMILES string of the molecule is COCC(C)n1c(=O)/c(=C\c2ccc(Cl)cc2)s/c1=C(/C#N)C(=O)N1CCCC1. The number of nitrogens with zero attached hydrogens (tertiary/aromatic N) is 3. The second-order valence-electron chi connectivity index (χ2n) is 6.93. The maximum absolute atomic E-state index is 13.2. The van der Waals surface area contributed by atoms with E-state index in [1.54, 1.807) is 30.2 Å². The van der Waals surface area contributed by atoms with Crippen LogP contribution in [0.3, 0.4) is 0 Å². The zero-order chi connectivity index (χ0) is 21.0. The van der Waals surface area contributed by atoms with Crippen LogP contribution in [0.5, 0.6) is 0 Å². The quantitative estimate of drug-likeness (QED) is 0.724. The highest BCUT2D eigenvalue weighted by atomic mass is 35.5. The van der Waals surface area contributed by atoms with Crippen LogP contribution in [0.1, 0.15) is 31.4 Å². The molecule has 1 amide bonds. The molecule has 0 radical (unpaired) electrons. The Labute approximate surface area is 177 Å². The number of halogens is 1. The number of nitriles is 1. The van der Waals surface area contributed by atoms with Crippen LogP contribution in [0.4, 0.5) is 0 Å². The summed E-state index contributed by atoms with van der Waals surface area (Å²) in [5, 5.41) is 10.4. The van der Waals surface area contributed by atoms with Crippen molar-refractivity contribution >= 4 is 40.5 Å². The maximum Gasteiger partial charge on any atom is 0.269 e. The van der Waals surface area contributed by atoms with Crippen molar-refractivity contribution in [2.24, 2.45) is 0 Å². The van der Waals surface area contributed by atoms with Crippen LogP contribution >= 0.6 is 22.9 Å². The second-order valence-corrected chi connectivity index (χ2v) is 8.40. The van der Waals surface area contributed by atoms with Gasteiger partial charge in [-0.05, 0) is 43.5 Å². The molecule has 6 nitrogen and oxygen atoms in total. The van der Waals surface area contributed by atoms with E-state index < -0.39 is 0 Å². The second kappa shape index (κ2) is 9.40. The third-order valence-corrected chi connectivity index (χ3v) is 6.16. The van der Waals surface area contributed by atoms with E-state index in [2.05, 4.69) is 0 Å². The summed E-state index contributed by atoms with van der Waals surface area (Å²) in [4.78, 5) is 27.8. The van der Waals surface area contributed by atoms with Gasteiger partial charge in [-0.25, -0.2) is 0 Å². The Bertz CT molecular complexity index is 1110. The first kappa shape index (κ1) is 21.3. The lowest BCUT2D eigenvalue weighted by atomic mass is 10.2. The fourth-order valence-electron chi connectivity index (χ4n) is 3.36. The monoisotopic (exact) mass is 431 g/mol. The lowest BCUT2D eigenvalue weighted by molar-refractivity contribution is -0.123. The molecule has 1 saturated heterocycles. The third kappa shape index (κ3) is 4.61. The van der Waals surface area contributed by atoms with Gasteiger partial charge in [0, 0.05) is 25.2 Å². The minimum Gasteiger partial charge on any atom is -0.383 e. The summed E-state index contributed by atoms with van der Waals surface area (Å²) in [5.74, 6) is -0.317. The summed E-state index contributed by atoms with van der Waals surface area (Å²) in [5.41, 5.74) is 0.578. The molecule has 1 aliphatic heterocycles. The predicted molar refractivity (Wildman–Crippen MR) is 114 cm³/mol. The zero-order valence-corrected chi connectivity index (χ0v) is 17.9. The van der Waals surface area contributed by atoms with Crippen molar-refractivity contribution in [2.45, 2.75) is 25.8 Å². The number of ether oxygens (including phenoxy) is 1. The van der Waals surface area contributed by atoms with Crippen molar-refractivity contribution in [1.82, 2.24) is 9.47 Å². The lowest BCUT2D eigenvalue weighted by Gasteiger charge is -2.15. The minimum atomic E-state index is -0.319. The Balaban J connectivity index is 2.24. The molecule has 1 atom stereocenters. The molecule has 0 saturated carbocycles. The largest absolute Gasteiger partial charge is 0.383 e. The molecule has 0 N–H and O–H groups in total. The van der Waals surface area contributed by atoms with Gasteiger partial charge in [0.1, 0.15) is 10.7 Å². The summed E-state index contributed by atoms with van der Waals surface area (Å²) < 4.78 is 7.54. The first-order valence-corrected chi connectivity index (χ1v) is 10.6. The van der Waals surface area contributed by atoms with Gasteiger partial charge in [0.05, 0.1) is 17.2 Å². The van der Waals surface area contributed by atoms with E-state index in [4.69, 9.17) is 16.3 Å². The Morgan fingerprint density at radius 3 is 2.59 bits per heavy atom. The number of amides is 1. The highest BCUT2D eigenvalue weighted by Crippen LogP contribution is 2.13. The van der Waals surface area contributed by atoms with Crippen molar-refractivity contribution in [1.29, 1.82) is 5.26 Å². The van der Waals surface area contributed by atoms with Crippen LogP contribution < -0.4 is 14.8 Å². The Hall–Kier alpha value is -2.40. The molecule has 29 heavy (non-hydrogen) atoms. The molecule has 1 aliphatic rings. The van der Waals surface area contributed by atoms with Crippen LogP contribution in [0.2, 0.25) is 5.02 Å². The third-order valence-electron chi connectivity index (χ3n) is 4.80. The molecule has 2 aromatic rings. The summed E-state index contributed by atoms with van der Waals surface area (Å²) >= 11 is 7.09. The zero-order valence-electron chi connectivity index (χ0n) is 16.4. The first-order valence-electron chi connectivity index (χ1n) is 9.37. The number of aromatic nitrogens is 1. The van der Waals surface area contributed by atoms with Crippen molar-refractivity contribution < 1.29 is 9.53 Å². The molecule has 1 unspecified atom stereocenters. The summed E-state index contributed by atoms with van der Waals surface area (Å²) in [6.45, 7) is 3.40. The van der Waals surface area contributed by atoms with Gasteiger partial charge in [-0.3, -0.25) is 14.2 Å². The van der Waals surface area contributed by atoms with Gasteiger partial charge in [-0.15, -0.1) is 11.3 Å². The van der Waals surface area contributed by atoms with Crippen LogP contribution in [0.25, 0.3) is 11.6 Å². The van der Waals surface area contributed by atoms with Gasteiger partial charge in [-0.2, -0.15) is 5.26 Å². The van der Waals surface area contributed by atoms with E-state index in [9.17, 15) is 14.9 Å². The van der Waals surface area contributed by atoms with E-state index in [1.165, 1.54) is 4.57 Å². The Morgan fingerprint density at radius 1 is 1.34 bits per heavy atom. The molecule has 0 spiro atoms. The van der Waals surface area contributed by atoms with Gasteiger partial charge in [0.25, 0.3) is 11.5 Å². The number of thiazole rings is 1. The molecule has 8 heteroatoms. The number of methoxy groups -OCH3 is 1. The Kier molecular flexibility index (Phi) is 6.91. The van der Waals surface area contributed by atoms with Gasteiger partial charge in [0.15, 0.2) is 5.57 Å². The van der Waals surface area contributed by atoms with E-state index in [1.807, 2.05) is 25.1 Å². The first-order chi connectivity index (χ1) is 14.0. The van der Waals surface area contributed by atoms with E-state index in [-0.39, 0.29) is 23.1 Å².